The molecule has 0 aliphatic rings. The molecule has 5 nitrogen and oxygen atoms in total. The molecular weight excluding hydrogens is 232 g/mol. The van der Waals surface area contributed by atoms with Crippen molar-refractivity contribution in [1.29, 1.82) is 0 Å². The summed E-state index contributed by atoms with van der Waals surface area (Å²) in [5.74, 6) is -1.29. The number of hydrogen-bond acceptors (Lipinski definition) is 5. The molecule has 0 aliphatic heterocycles. The molecule has 0 bridgehead atoms. The average Bonchev–Trinajstić information content (AvgIpc) is 2.21. The molecule has 0 saturated heterocycles. The fraction of sp³-hybridized carbons (Fsp3) is 0.700. The lowest BCUT2D eigenvalue weighted by Gasteiger charge is -2.08. The lowest BCUT2D eigenvalue weighted by molar-refractivity contribution is -0.140. The minimum Gasteiger partial charge on any atom is -0.480 e. The van der Waals surface area contributed by atoms with E-state index in [0.717, 1.165) is 11.8 Å². The Labute approximate surface area is 98.5 Å². The van der Waals surface area contributed by atoms with Crippen LogP contribution >= 0.6 is 11.8 Å². The number of carbonyl (C=O) groups excluding carboxylic acids is 2. The summed E-state index contributed by atoms with van der Waals surface area (Å²) in [5, 5.41) is 7.89. The van der Waals surface area contributed by atoms with E-state index < -0.39 is 11.2 Å². The van der Waals surface area contributed by atoms with Crippen LogP contribution < -0.4 is 0 Å². The van der Waals surface area contributed by atoms with Gasteiger partial charge in [0.05, 0.1) is 7.11 Å². The molecule has 1 N–H and O–H groups in total. The molecule has 0 spiro atoms. The topological polar surface area (TPSA) is 80.7 Å². The molecule has 0 aliphatic carbocycles. The molecule has 92 valence electrons. The number of ether oxygens (including phenoxy) is 1. The molecule has 0 fully saturated rings. The number of carboxylic acids is 1. The Morgan fingerprint density at radius 3 is 2.38 bits per heavy atom. The SMILES string of the molecule is COC(=O)CCCCC(SC(C)=O)C(=O)O. The van der Waals surface area contributed by atoms with E-state index in [9.17, 15) is 14.4 Å². The molecule has 1 unspecified atom stereocenters. The first-order valence-corrected chi connectivity index (χ1v) is 5.82. The summed E-state index contributed by atoms with van der Waals surface area (Å²) in [4.78, 5) is 32.3. The Morgan fingerprint density at radius 2 is 1.94 bits per heavy atom. The van der Waals surface area contributed by atoms with Crippen molar-refractivity contribution in [1.82, 2.24) is 0 Å². The highest BCUT2D eigenvalue weighted by Crippen LogP contribution is 2.19. The summed E-state index contributed by atoms with van der Waals surface area (Å²) < 4.78 is 4.45. The van der Waals surface area contributed by atoms with Crippen molar-refractivity contribution < 1.29 is 24.2 Å². The van der Waals surface area contributed by atoms with Crippen molar-refractivity contribution in [2.24, 2.45) is 0 Å². The summed E-state index contributed by atoms with van der Waals surface area (Å²) in [6, 6.07) is 0. The number of thioether (sulfide) groups is 1. The van der Waals surface area contributed by atoms with Gasteiger partial charge in [-0.3, -0.25) is 14.4 Å². The number of carbonyl (C=O) groups is 3. The second kappa shape index (κ2) is 8.15. The number of esters is 1. The van der Waals surface area contributed by atoms with Crippen molar-refractivity contribution in [3.8, 4) is 0 Å². The standard InChI is InChI=1S/C10H16O5S/c1-7(11)16-8(10(13)14)5-3-4-6-9(12)15-2/h8H,3-6H2,1-2H3,(H,13,14). The first-order valence-electron chi connectivity index (χ1n) is 4.94. The third-order valence-electron chi connectivity index (χ3n) is 1.91. The lowest BCUT2D eigenvalue weighted by atomic mass is 10.1. The molecule has 1 atom stereocenters. The predicted molar refractivity (Wildman–Crippen MR) is 60.2 cm³/mol. The van der Waals surface area contributed by atoms with Crippen molar-refractivity contribution >= 4 is 28.8 Å². The molecule has 0 rings (SSSR count). The van der Waals surface area contributed by atoms with Crippen molar-refractivity contribution in [3.63, 3.8) is 0 Å². The molecule has 6 heteroatoms. The maximum Gasteiger partial charge on any atom is 0.317 e. The highest BCUT2D eigenvalue weighted by atomic mass is 32.2. The number of rotatable bonds is 7. The summed E-state index contributed by atoms with van der Waals surface area (Å²) in [5.41, 5.74) is 0. The number of methoxy groups -OCH3 is 1. The highest BCUT2D eigenvalue weighted by Gasteiger charge is 2.19. The number of aliphatic carboxylic acids is 1. The zero-order valence-electron chi connectivity index (χ0n) is 9.39. The van der Waals surface area contributed by atoms with Crippen LogP contribution in [-0.4, -0.2) is 34.5 Å². The van der Waals surface area contributed by atoms with Crippen LogP contribution in [0, 0.1) is 0 Å². The summed E-state index contributed by atoms with van der Waals surface area (Å²) in [6.07, 6.45) is 1.84. The van der Waals surface area contributed by atoms with Gasteiger partial charge in [-0.1, -0.05) is 18.2 Å². The van der Waals surface area contributed by atoms with Gasteiger partial charge in [0.25, 0.3) is 0 Å². The molecule has 0 amide bonds. The number of unbranched alkanes of at least 4 members (excludes halogenated alkanes) is 1. The lowest BCUT2D eigenvalue weighted by Crippen LogP contribution is -2.17. The zero-order chi connectivity index (χ0) is 12.6. The normalized spacial score (nSPS) is 11.9. The van der Waals surface area contributed by atoms with Crippen LogP contribution in [0.25, 0.3) is 0 Å². The second-order valence-electron chi connectivity index (χ2n) is 3.26. The average molecular weight is 248 g/mol. The second-order valence-corrected chi connectivity index (χ2v) is 4.64. The first-order chi connectivity index (χ1) is 7.47. The van der Waals surface area contributed by atoms with Gasteiger partial charge in [0.1, 0.15) is 5.25 Å². The molecule has 0 aromatic heterocycles. The van der Waals surface area contributed by atoms with E-state index in [1.54, 1.807) is 0 Å². The van der Waals surface area contributed by atoms with Crippen LogP contribution in [0.4, 0.5) is 0 Å². The molecule has 0 saturated carbocycles. The van der Waals surface area contributed by atoms with Gasteiger partial charge in [-0.2, -0.15) is 0 Å². The van der Waals surface area contributed by atoms with Gasteiger partial charge >= 0.3 is 11.9 Å². The van der Waals surface area contributed by atoms with E-state index in [1.807, 2.05) is 0 Å². The Hall–Kier alpha value is -1.04. The molecule has 0 heterocycles. The monoisotopic (exact) mass is 248 g/mol. The van der Waals surface area contributed by atoms with E-state index in [1.165, 1.54) is 14.0 Å². The number of carboxylic acid groups (broad SMARTS) is 1. The van der Waals surface area contributed by atoms with Crippen LogP contribution in [-0.2, 0) is 19.1 Å². The van der Waals surface area contributed by atoms with Crippen molar-refractivity contribution in [3.05, 3.63) is 0 Å². The van der Waals surface area contributed by atoms with Crippen LogP contribution in [0.15, 0.2) is 0 Å². The van der Waals surface area contributed by atoms with Gasteiger partial charge in [-0.05, 0) is 12.8 Å². The van der Waals surface area contributed by atoms with Gasteiger partial charge in [0.2, 0.25) is 0 Å². The Bertz CT molecular complexity index is 264. The van der Waals surface area contributed by atoms with Crippen LogP contribution in [0.1, 0.15) is 32.6 Å². The van der Waals surface area contributed by atoms with Crippen molar-refractivity contribution in [2.45, 2.75) is 37.9 Å². The van der Waals surface area contributed by atoms with Gasteiger partial charge in [-0.25, -0.2) is 0 Å². The Balaban J connectivity index is 3.81. The van der Waals surface area contributed by atoms with E-state index in [0.29, 0.717) is 19.3 Å². The highest BCUT2D eigenvalue weighted by molar-refractivity contribution is 8.14. The Kier molecular flexibility index (Phi) is 7.62. The Morgan fingerprint density at radius 1 is 1.31 bits per heavy atom. The number of hydrogen-bond donors (Lipinski definition) is 1. The van der Waals surface area contributed by atoms with Gasteiger partial charge in [0.15, 0.2) is 5.12 Å². The van der Waals surface area contributed by atoms with E-state index in [4.69, 9.17) is 5.11 Å². The molecule has 0 radical (unpaired) electrons. The molecule has 0 aromatic carbocycles. The van der Waals surface area contributed by atoms with Crippen LogP contribution in [0.2, 0.25) is 0 Å². The van der Waals surface area contributed by atoms with Gasteiger partial charge < -0.3 is 9.84 Å². The third kappa shape index (κ3) is 7.28. The molecular formula is C10H16O5S. The maximum absolute atomic E-state index is 10.8. The van der Waals surface area contributed by atoms with E-state index in [2.05, 4.69) is 4.74 Å². The summed E-state index contributed by atoms with van der Waals surface area (Å²) in [6.45, 7) is 1.34. The molecule has 0 aromatic rings. The molecule has 16 heavy (non-hydrogen) atoms. The summed E-state index contributed by atoms with van der Waals surface area (Å²) in [7, 11) is 1.31. The largest absolute Gasteiger partial charge is 0.480 e. The van der Waals surface area contributed by atoms with Crippen LogP contribution in [0.3, 0.4) is 0 Å². The van der Waals surface area contributed by atoms with Crippen molar-refractivity contribution in [2.75, 3.05) is 7.11 Å². The predicted octanol–water partition coefficient (Wildman–Crippen LogP) is 1.45. The first kappa shape index (κ1) is 15.0. The van der Waals surface area contributed by atoms with E-state index >= 15 is 0 Å². The van der Waals surface area contributed by atoms with Crippen LogP contribution in [0.5, 0.6) is 0 Å². The fourth-order valence-corrected chi connectivity index (χ4v) is 1.92. The maximum atomic E-state index is 10.8. The quantitative estimate of drug-likeness (QED) is 0.542. The minimum absolute atomic E-state index is 0.208. The zero-order valence-corrected chi connectivity index (χ0v) is 10.2. The minimum atomic E-state index is -0.988. The van der Waals surface area contributed by atoms with E-state index in [-0.39, 0.29) is 17.5 Å². The van der Waals surface area contributed by atoms with Gasteiger partial charge in [0, 0.05) is 13.3 Å². The third-order valence-corrected chi connectivity index (χ3v) is 2.96. The fourth-order valence-electron chi connectivity index (χ4n) is 1.13. The smallest absolute Gasteiger partial charge is 0.317 e. The summed E-state index contributed by atoms with van der Waals surface area (Å²) >= 11 is 0.818. The van der Waals surface area contributed by atoms with Gasteiger partial charge in [-0.15, -0.1) is 0 Å².